The van der Waals surface area contributed by atoms with Crippen LogP contribution in [0, 0.1) is 5.92 Å². The highest BCUT2D eigenvalue weighted by Gasteiger charge is 2.25. The van der Waals surface area contributed by atoms with Crippen LogP contribution in [0.5, 0.6) is 11.5 Å². The van der Waals surface area contributed by atoms with Crippen LogP contribution in [0.4, 0.5) is 0 Å². The fourth-order valence-electron chi connectivity index (χ4n) is 2.20. The Labute approximate surface area is 120 Å². The van der Waals surface area contributed by atoms with E-state index in [1.54, 1.807) is 7.11 Å². The van der Waals surface area contributed by atoms with Crippen molar-refractivity contribution in [2.24, 2.45) is 11.7 Å². The number of nitrogens with two attached hydrogens (primary N) is 1. The zero-order valence-corrected chi connectivity index (χ0v) is 12.4. The lowest BCUT2D eigenvalue weighted by molar-refractivity contribution is 0.276. The SMILES string of the molecule is COc1ccc(Cl)c(C(C)CCN)c1OCC1CC1. The smallest absolute Gasteiger partial charge is 0.166 e. The minimum Gasteiger partial charge on any atom is -0.493 e. The molecular weight excluding hydrogens is 262 g/mol. The molecule has 1 saturated carbocycles. The molecule has 0 saturated heterocycles. The van der Waals surface area contributed by atoms with Gasteiger partial charge in [0.05, 0.1) is 13.7 Å². The molecule has 2 rings (SSSR count). The summed E-state index contributed by atoms with van der Waals surface area (Å²) in [6, 6.07) is 3.73. The molecule has 106 valence electrons. The Kier molecular flexibility index (Phi) is 4.94. The summed E-state index contributed by atoms with van der Waals surface area (Å²) < 4.78 is 11.4. The van der Waals surface area contributed by atoms with Crippen LogP contribution in [0.15, 0.2) is 12.1 Å². The lowest BCUT2D eigenvalue weighted by atomic mass is 9.96. The van der Waals surface area contributed by atoms with Gasteiger partial charge >= 0.3 is 0 Å². The predicted molar refractivity (Wildman–Crippen MR) is 78.3 cm³/mol. The second-order valence-electron chi connectivity index (χ2n) is 5.23. The lowest BCUT2D eigenvalue weighted by Crippen LogP contribution is -2.09. The zero-order chi connectivity index (χ0) is 13.8. The highest BCUT2D eigenvalue weighted by Crippen LogP contribution is 2.42. The normalized spacial score (nSPS) is 16.2. The average Bonchev–Trinajstić information content (AvgIpc) is 3.20. The summed E-state index contributed by atoms with van der Waals surface area (Å²) in [4.78, 5) is 0. The maximum Gasteiger partial charge on any atom is 0.166 e. The topological polar surface area (TPSA) is 44.5 Å². The van der Waals surface area contributed by atoms with E-state index >= 15 is 0 Å². The quantitative estimate of drug-likeness (QED) is 0.832. The van der Waals surface area contributed by atoms with Crippen LogP contribution in [0.1, 0.15) is 37.7 Å². The van der Waals surface area contributed by atoms with Crippen molar-refractivity contribution in [3.05, 3.63) is 22.7 Å². The number of hydrogen-bond donors (Lipinski definition) is 1. The maximum atomic E-state index is 6.34. The molecule has 1 aromatic rings. The molecule has 1 aliphatic rings. The van der Waals surface area contributed by atoms with E-state index in [0.717, 1.165) is 35.1 Å². The van der Waals surface area contributed by atoms with E-state index in [4.69, 9.17) is 26.8 Å². The summed E-state index contributed by atoms with van der Waals surface area (Å²) in [5.41, 5.74) is 6.67. The molecule has 1 aliphatic carbocycles. The number of ether oxygens (including phenoxy) is 2. The third-order valence-electron chi connectivity index (χ3n) is 3.58. The van der Waals surface area contributed by atoms with Crippen LogP contribution in [-0.2, 0) is 0 Å². The minimum atomic E-state index is 0.266. The summed E-state index contributed by atoms with van der Waals surface area (Å²) in [5.74, 6) is 2.51. The molecule has 0 aliphatic heterocycles. The molecule has 19 heavy (non-hydrogen) atoms. The Morgan fingerprint density at radius 3 is 2.74 bits per heavy atom. The first-order chi connectivity index (χ1) is 9.17. The van der Waals surface area contributed by atoms with Crippen molar-refractivity contribution in [1.82, 2.24) is 0 Å². The third-order valence-corrected chi connectivity index (χ3v) is 3.91. The van der Waals surface area contributed by atoms with Crippen molar-refractivity contribution in [3.8, 4) is 11.5 Å². The highest BCUT2D eigenvalue weighted by atomic mass is 35.5. The summed E-state index contributed by atoms with van der Waals surface area (Å²) in [7, 11) is 1.66. The number of rotatable bonds is 7. The molecule has 1 atom stereocenters. The van der Waals surface area contributed by atoms with E-state index in [2.05, 4.69) is 6.92 Å². The Morgan fingerprint density at radius 2 is 2.16 bits per heavy atom. The molecule has 1 aromatic carbocycles. The van der Waals surface area contributed by atoms with Crippen LogP contribution in [0.2, 0.25) is 5.02 Å². The maximum absolute atomic E-state index is 6.34. The van der Waals surface area contributed by atoms with Crippen molar-refractivity contribution in [2.75, 3.05) is 20.3 Å². The molecule has 4 heteroatoms. The van der Waals surface area contributed by atoms with Crippen LogP contribution in [0.3, 0.4) is 0 Å². The number of benzene rings is 1. The Balaban J connectivity index is 2.29. The van der Waals surface area contributed by atoms with Gasteiger partial charge in [-0.05, 0) is 49.8 Å². The number of halogens is 1. The Hall–Kier alpha value is -0.930. The van der Waals surface area contributed by atoms with Gasteiger partial charge in [0, 0.05) is 10.6 Å². The number of methoxy groups -OCH3 is 1. The number of hydrogen-bond acceptors (Lipinski definition) is 3. The first-order valence-corrected chi connectivity index (χ1v) is 7.24. The first kappa shape index (κ1) is 14.5. The van der Waals surface area contributed by atoms with Crippen LogP contribution in [0.25, 0.3) is 0 Å². The average molecular weight is 284 g/mol. The van der Waals surface area contributed by atoms with E-state index in [1.807, 2.05) is 12.1 Å². The molecule has 1 unspecified atom stereocenters. The molecule has 1 fully saturated rings. The van der Waals surface area contributed by atoms with Gasteiger partial charge in [-0.1, -0.05) is 18.5 Å². The van der Waals surface area contributed by atoms with Crippen molar-refractivity contribution in [1.29, 1.82) is 0 Å². The van der Waals surface area contributed by atoms with Crippen molar-refractivity contribution in [3.63, 3.8) is 0 Å². The van der Waals surface area contributed by atoms with Gasteiger partial charge in [-0.3, -0.25) is 0 Å². The fraction of sp³-hybridized carbons (Fsp3) is 0.600. The Bertz CT molecular complexity index is 432. The van der Waals surface area contributed by atoms with Gasteiger partial charge in [-0.2, -0.15) is 0 Å². The van der Waals surface area contributed by atoms with Crippen molar-refractivity contribution >= 4 is 11.6 Å². The molecule has 2 N–H and O–H groups in total. The molecule has 0 aromatic heterocycles. The monoisotopic (exact) mass is 283 g/mol. The van der Waals surface area contributed by atoms with Crippen LogP contribution >= 0.6 is 11.6 Å². The largest absolute Gasteiger partial charge is 0.493 e. The summed E-state index contributed by atoms with van der Waals surface area (Å²) in [5, 5.41) is 0.729. The van der Waals surface area contributed by atoms with Gasteiger partial charge in [0.15, 0.2) is 11.5 Å². The Morgan fingerprint density at radius 1 is 1.42 bits per heavy atom. The van der Waals surface area contributed by atoms with Gasteiger partial charge in [0.2, 0.25) is 0 Å². The molecule has 0 amide bonds. The second kappa shape index (κ2) is 6.49. The zero-order valence-electron chi connectivity index (χ0n) is 11.6. The van der Waals surface area contributed by atoms with E-state index in [-0.39, 0.29) is 5.92 Å². The first-order valence-electron chi connectivity index (χ1n) is 6.86. The van der Waals surface area contributed by atoms with E-state index < -0.39 is 0 Å². The molecule has 0 radical (unpaired) electrons. The van der Waals surface area contributed by atoms with E-state index in [1.165, 1.54) is 12.8 Å². The third kappa shape index (κ3) is 3.54. The van der Waals surface area contributed by atoms with Gasteiger partial charge in [-0.15, -0.1) is 0 Å². The second-order valence-corrected chi connectivity index (χ2v) is 5.63. The van der Waals surface area contributed by atoms with Crippen molar-refractivity contribution < 1.29 is 9.47 Å². The highest BCUT2D eigenvalue weighted by molar-refractivity contribution is 6.31. The van der Waals surface area contributed by atoms with Gasteiger partial charge in [0.25, 0.3) is 0 Å². The molecule has 0 spiro atoms. The minimum absolute atomic E-state index is 0.266. The van der Waals surface area contributed by atoms with Gasteiger partial charge < -0.3 is 15.2 Å². The lowest BCUT2D eigenvalue weighted by Gasteiger charge is -2.20. The van der Waals surface area contributed by atoms with Crippen LogP contribution in [-0.4, -0.2) is 20.3 Å². The standard InChI is InChI=1S/C15H22ClNO2/c1-10(7-8-17)14-12(16)5-6-13(18-2)15(14)19-9-11-3-4-11/h5-6,10-11H,3-4,7-9,17H2,1-2H3. The molecule has 0 heterocycles. The molecule has 3 nitrogen and oxygen atoms in total. The summed E-state index contributed by atoms with van der Waals surface area (Å²) in [6.07, 6.45) is 3.40. The van der Waals surface area contributed by atoms with Gasteiger partial charge in [-0.25, -0.2) is 0 Å². The van der Waals surface area contributed by atoms with Crippen molar-refractivity contribution in [2.45, 2.75) is 32.1 Å². The molecular formula is C15H22ClNO2. The van der Waals surface area contributed by atoms with Crippen LogP contribution < -0.4 is 15.2 Å². The molecule has 0 bridgehead atoms. The van der Waals surface area contributed by atoms with Gasteiger partial charge in [0.1, 0.15) is 0 Å². The van der Waals surface area contributed by atoms with E-state index in [0.29, 0.717) is 12.5 Å². The predicted octanol–water partition coefficient (Wildman–Crippen LogP) is 3.59. The summed E-state index contributed by atoms with van der Waals surface area (Å²) in [6.45, 7) is 3.51. The fourth-order valence-corrected chi connectivity index (χ4v) is 2.54. The summed E-state index contributed by atoms with van der Waals surface area (Å²) >= 11 is 6.34. The van der Waals surface area contributed by atoms with E-state index in [9.17, 15) is 0 Å².